The van der Waals surface area contributed by atoms with Gasteiger partial charge in [-0.3, -0.25) is 4.79 Å². The summed E-state index contributed by atoms with van der Waals surface area (Å²) in [5, 5.41) is 11.9. The van der Waals surface area contributed by atoms with E-state index in [1.54, 1.807) is 11.0 Å². The van der Waals surface area contributed by atoms with Crippen LogP contribution in [0.2, 0.25) is 0 Å². The zero-order chi connectivity index (χ0) is 17.2. The molecule has 1 aromatic heterocycles. The fourth-order valence-electron chi connectivity index (χ4n) is 2.57. The molecule has 1 saturated heterocycles. The first kappa shape index (κ1) is 16.6. The van der Waals surface area contributed by atoms with Gasteiger partial charge in [0.25, 0.3) is 0 Å². The van der Waals surface area contributed by atoms with Crippen molar-refractivity contribution in [2.24, 2.45) is 5.41 Å². The van der Waals surface area contributed by atoms with E-state index in [0.29, 0.717) is 0 Å². The number of para-hydroxylation sites is 1. The second-order valence-corrected chi connectivity index (χ2v) is 7.12. The fraction of sp³-hybridized carbons (Fsp3) is 0.500. The van der Waals surface area contributed by atoms with Crippen LogP contribution in [0.25, 0.3) is 11.3 Å². The highest BCUT2D eigenvalue weighted by atomic mass is 16.5. The maximum Gasteiger partial charge on any atom is 0.229 e. The molecule has 6 heteroatoms. The molecular formula is C18H24N4O2. The molecule has 2 heterocycles. The molecule has 1 aliphatic heterocycles. The SMILES string of the molecule is CC(C)(C)C(=O)Nc1ccccc1-c1cnn(C2CCCCO2)n1. The molecule has 1 aliphatic rings. The van der Waals surface area contributed by atoms with Gasteiger partial charge in [-0.2, -0.15) is 15.0 Å². The number of hydrogen-bond donors (Lipinski definition) is 1. The van der Waals surface area contributed by atoms with E-state index in [0.717, 1.165) is 42.8 Å². The number of nitrogens with zero attached hydrogens (tertiary/aromatic N) is 3. The van der Waals surface area contributed by atoms with Gasteiger partial charge in [0.05, 0.1) is 11.9 Å². The summed E-state index contributed by atoms with van der Waals surface area (Å²) in [6.45, 7) is 6.42. The summed E-state index contributed by atoms with van der Waals surface area (Å²) in [5.41, 5.74) is 1.88. The van der Waals surface area contributed by atoms with Crippen molar-refractivity contribution in [1.82, 2.24) is 15.0 Å². The molecule has 6 nitrogen and oxygen atoms in total. The van der Waals surface area contributed by atoms with E-state index in [-0.39, 0.29) is 12.1 Å². The monoisotopic (exact) mass is 328 g/mol. The number of anilines is 1. The second-order valence-electron chi connectivity index (χ2n) is 7.12. The number of benzene rings is 1. The lowest BCUT2D eigenvalue weighted by Gasteiger charge is -2.21. The smallest absolute Gasteiger partial charge is 0.229 e. The molecule has 1 amide bonds. The maximum absolute atomic E-state index is 12.3. The maximum atomic E-state index is 12.3. The number of rotatable bonds is 3. The highest BCUT2D eigenvalue weighted by Crippen LogP contribution is 2.29. The van der Waals surface area contributed by atoms with Gasteiger partial charge in [-0.1, -0.05) is 39.0 Å². The molecule has 128 valence electrons. The van der Waals surface area contributed by atoms with Crippen LogP contribution in [0.3, 0.4) is 0 Å². The van der Waals surface area contributed by atoms with Crippen LogP contribution < -0.4 is 5.32 Å². The van der Waals surface area contributed by atoms with Crippen molar-refractivity contribution in [3.05, 3.63) is 30.5 Å². The number of amides is 1. The summed E-state index contributed by atoms with van der Waals surface area (Å²) >= 11 is 0. The lowest BCUT2D eigenvalue weighted by atomic mass is 9.95. The summed E-state index contributed by atoms with van der Waals surface area (Å²) in [4.78, 5) is 13.9. The number of carbonyl (C=O) groups excluding carboxylic acids is 1. The van der Waals surface area contributed by atoms with Crippen LogP contribution in [0.5, 0.6) is 0 Å². The molecule has 1 aromatic carbocycles. The van der Waals surface area contributed by atoms with Crippen molar-refractivity contribution in [2.45, 2.75) is 46.3 Å². The highest BCUT2D eigenvalue weighted by Gasteiger charge is 2.23. The van der Waals surface area contributed by atoms with Crippen LogP contribution in [0.4, 0.5) is 5.69 Å². The zero-order valence-corrected chi connectivity index (χ0v) is 14.5. The Labute approximate surface area is 142 Å². The Bertz CT molecular complexity index is 712. The van der Waals surface area contributed by atoms with Crippen molar-refractivity contribution in [1.29, 1.82) is 0 Å². The first-order chi connectivity index (χ1) is 11.4. The number of ether oxygens (including phenoxy) is 1. The van der Waals surface area contributed by atoms with Crippen LogP contribution >= 0.6 is 0 Å². The Balaban J connectivity index is 1.85. The zero-order valence-electron chi connectivity index (χ0n) is 14.5. The molecule has 3 rings (SSSR count). The molecule has 0 aliphatic carbocycles. The Morgan fingerprint density at radius 2 is 2.08 bits per heavy atom. The lowest BCUT2D eigenvalue weighted by molar-refractivity contribution is -0.123. The molecule has 2 aromatic rings. The van der Waals surface area contributed by atoms with Crippen LogP contribution in [-0.4, -0.2) is 27.5 Å². The van der Waals surface area contributed by atoms with Crippen molar-refractivity contribution in [3.63, 3.8) is 0 Å². The molecule has 0 radical (unpaired) electrons. The van der Waals surface area contributed by atoms with Gasteiger partial charge < -0.3 is 10.1 Å². The van der Waals surface area contributed by atoms with Crippen molar-refractivity contribution in [3.8, 4) is 11.3 Å². The molecule has 0 saturated carbocycles. The first-order valence-corrected chi connectivity index (χ1v) is 8.39. The molecule has 0 bridgehead atoms. The average molecular weight is 328 g/mol. The van der Waals surface area contributed by atoms with E-state index < -0.39 is 5.41 Å². The average Bonchev–Trinajstić information content (AvgIpc) is 3.05. The van der Waals surface area contributed by atoms with Crippen LogP contribution in [0.15, 0.2) is 30.5 Å². The third-order valence-electron chi connectivity index (χ3n) is 4.05. The Kier molecular flexibility index (Phi) is 4.66. The summed E-state index contributed by atoms with van der Waals surface area (Å²) in [5.74, 6) is -0.0297. The van der Waals surface area contributed by atoms with Crippen molar-refractivity contribution < 1.29 is 9.53 Å². The molecule has 1 N–H and O–H groups in total. The summed E-state index contributed by atoms with van der Waals surface area (Å²) in [6, 6.07) is 7.65. The van der Waals surface area contributed by atoms with E-state index in [2.05, 4.69) is 15.5 Å². The largest absolute Gasteiger partial charge is 0.355 e. The predicted molar refractivity (Wildman–Crippen MR) is 92.4 cm³/mol. The van der Waals surface area contributed by atoms with E-state index in [1.807, 2.05) is 45.0 Å². The van der Waals surface area contributed by atoms with E-state index in [4.69, 9.17) is 4.74 Å². The van der Waals surface area contributed by atoms with Crippen molar-refractivity contribution >= 4 is 11.6 Å². The van der Waals surface area contributed by atoms with E-state index >= 15 is 0 Å². The van der Waals surface area contributed by atoms with Gasteiger partial charge in [-0.25, -0.2) is 0 Å². The molecular weight excluding hydrogens is 304 g/mol. The molecule has 24 heavy (non-hydrogen) atoms. The van der Waals surface area contributed by atoms with Gasteiger partial charge in [0.2, 0.25) is 5.91 Å². The Hall–Kier alpha value is -2.21. The van der Waals surface area contributed by atoms with Gasteiger partial charge in [-0.15, -0.1) is 0 Å². The number of hydrogen-bond acceptors (Lipinski definition) is 4. The summed E-state index contributed by atoms with van der Waals surface area (Å²) in [7, 11) is 0. The third kappa shape index (κ3) is 3.64. The molecule has 1 unspecified atom stereocenters. The topological polar surface area (TPSA) is 69.0 Å². The van der Waals surface area contributed by atoms with Gasteiger partial charge >= 0.3 is 0 Å². The summed E-state index contributed by atoms with van der Waals surface area (Å²) in [6.07, 6.45) is 4.77. The fourth-order valence-corrected chi connectivity index (χ4v) is 2.57. The molecule has 0 spiro atoms. The van der Waals surface area contributed by atoms with Gasteiger partial charge in [0.1, 0.15) is 5.69 Å². The van der Waals surface area contributed by atoms with Crippen molar-refractivity contribution in [2.75, 3.05) is 11.9 Å². The van der Waals surface area contributed by atoms with E-state index in [9.17, 15) is 4.79 Å². The van der Waals surface area contributed by atoms with E-state index in [1.165, 1.54) is 0 Å². The summed E-state index contributed by atoms with van der Waals surface area (Å²) < 4.78 is 5.72. The minimum Gasteiger partial charge on any atom is -0.355 e. The van der Waals surface area contributed by atoms with Gasteiger partial charge in [0, 0.05) is 17.6 Å². The quantitative estimate of drug-likeness (QED) is 0.934. The number of carbonyl (C=O) groups is 1. The standard InChI is InChI=1S/C18H24N4O2/c1-18(2,3)17(23)20-14-9-5-4-8-13(14)15-12-19-22(21-15)16-10-6-7-11-24-16/h4-5,8-9,12,16H,6-7,10-11H2,1-3H3,(H,20,23). The minimum absolute atomic E-state index is 0.0297. The normalized spacial score (nSPS) is 18.4. The highest BCUT2D eigenvalue weighted by molar-refractivity contribution is 5.97. The molecule has 1 atom stereocenters. The number of aromatic nitrogens is 3. The third-order valence-corrected chi connectivity index (χ3v) is 4.05. The Morgan fingerprint density at radius 3 is 2.79 bits per heavy atom. The molecule has 1 fully saturated rings. The lowest BCUT2D eigenvalue weighted by Crippen LogP contribution is -2.27. The van der Waals surface area contributed by atoms with Crippen LogP contribution in [0.1, 0.15) is 46.3 Å². The Morgan fingerprint density at radius 1 is 1.29 bits per heavy atom. The van der Waals surface area contributed by atoms with Gasteiger partial charge in [0.15, 0.2) is 6.23 Å². The number of nitrogens with one attached hydrogen (secondary N) is 1. The predicted octanol–water partition coefficient (Wildman–Crippen LogP) is 3.63. The van der Waals surface area contributed by atoms with Crippen LogP contribution in [-0.2, 0) is 9.53 Å². The first-order valence-electron chi connectivity index (χ1n) is 8.39. The van der Waals surface area contributed by atoms with Crippen LogP contribution in [0, 0.1) is 5.41 Å². The minimum atomic E-state index is -0.458. The van der Waals surface area contributed by atoms with Gasteiger partial charge in [-0.05, 0) is 25.3 Å². The second kappa shape index (κ2) is 6.73.